The molecule has 10 heteroatoms. The Hall–Kier alpha value is -3.63. The maximum Gasteiger partial charge on any atom is 0.429 e. The Balaban J connectivity index is 2.38. The number of nitrogens with zero attached hydrogens (tertiary/aromatic N) is 1. The lowest BCUT2D eigenvalue weighted by Gasteiger charge is -2.43. The van der Waals surface area contributed by atoms with Crippen LogP contribution in [-0.2, 0) is 26.0 Å². The van der Waals surface area contributed by atoms with Gasteiger partial charge in [-0.15, -0.1) is 0 Å². The third kappa shape index (κ3) is 6.92. The van der Waals surface area contributed by atoms with Crippen molar-refractivity contribution in [3.8, 4) is 5.75 Å². The zero-order valence-electron chi connectivity index (χ0n) is 24.0. The van der Waals surface area contributed by atoms with Crippen LogP contribution in [0.4, 0.5) is 10.5 Å². The van der Waals surface area contributed by atoms with Crippen molar-refractivity contribution < 1.29 is 32.3 Å². The molecule has 0 fully saturated rings. The van der Waals surface area contributed by atoms with Crippen LogP contribution in [0.25, 0.3) is 0 Å². The minimum atomic E-state index is -4.23. The summed E-state index contributed by atoms with van der Waals surface area (Å²) in [6.45, 7) is 11.1. The van der Waals surface area contributed by atoms with E-state index in [0.717, 1.165) is 16.6 Å². The van der Waals surface area contributed by atoms with Crippen LogP contribution in [0, 0.1) is 0 Å². The molecule has 40 heavy (non-hydrogen) atoms. The van der Waals surface area contributed by atoms with Crippen LogP contribution in [0.2, 0.25) is 5.04 Å². The lowest BCUT2D eigenvalue weighted by Crippen LogP contribution is -2.69. The van der Waals surface area contributed by atoms with Gasteiger partial charge in [0.1, 0.15) is 17.0 Å². The molecule has 0 aliphatic heterocycles. The molecule has 1 amide bonds. The van der Waals surface area contributed by atoms with E-state index in [9.17, 15) is 23.1 Å². The normalized spacial score (nSPS) is 12.5. The molecule has 0 saturated heterocycles. The van der Waals surface area contributed by atoms with Crippen molar-refractivity contribution in [2.24, 2.45) is 0 Å². The molecule has 0 saturated carbocycles. The second-order valence-corrected chi connectivity index (χ2v) is 17.7. The molecule has 0 bridgehead atoms. The first kappa shape index (κ1) is 30.9. The molecule has 1 N–H and O–H groups in total. The van der Waals surface area contributed by atoms with Crippen LogP contribution in [0.1, 0.15) is 47.1 Å². The molecule has 0 heterocycles. The molecule has 0 radical (unpaired) electrons. The van der Waals surface area contributed by atoms with Crippen LogP contribution >= 0.6 is 0 Å². The summed E-state index contributed by atoms with van der Waals surface area (Å²) in [5.74, 6) is -0.977. The SMILES string of the molecule is CC(C)(C)OC(=O)N(c1cc(CC(=O)O)ccc1O[Si](c1ccccc1)(c1ccccc1)C(C)(C)C)S(C)(=O)=O. The van der Waals surface area contributed by atoms with Crippen molar-refractivity contribution >= 4 is 46.5 Å². The van der Waals surface area contributed by atoms with E-state index >= 15 is 0 Å². The minimum absolute atomic E-state index is 0.108. The molecule has 0 spiro atoms. The minimum Gasteiger partial charge on any atom is -0.533 e. The molecule has 8 nitrogen and oxygen atoms in total. The number of sulfonamides is 1. The second-order valence-electron chi connectivity index (χ2n) is 11.6. The van der Waals surface area contributed by atoms with E-state index in [4.69, 9.17) is 9.16 Å². The molecule has 0 aromatic heterocycles. The predicted octanol–water partition coefficient (Wildman–Crippen LogP) is 4.95. The molecular weight excluding hydrogens is 546 g/mol. The molecular formula is C30H37NO7SSi. The fourth-order valence-electron chi connectivity index (χ4n) is 4.62. The van der Waals surface area contributed by atoms with Crippen LogP contribution in [0.3, 0.4) is 0 Å². The Morgan fingerprint density at radius 1 is 0.850 bits per heavy atom. The zero-order valence-corrected chi connectivity index (χ0v) is 25.8. The number of carbonyl (C=O) groups excluding carboxylic acids is 1. The number of ether oxygens (including phenoxy) is 1. The highest BCUT2D eigenvalue weighted by atomic mass is 32.2. The summed E-state index contributed by atoms with van der Waals surface area (Å²) in [6, 6.07) is 24.0. The number of carbonyl (C=O) groups is 2. The van der Waals surface area contributed by atoms with Crippen LogP contribution in [0.15, 0.2) is 78.9 Å². The van der Waals surface area contributed by atoms with E-state index in [1.54, 1.807) is 26.8 Å². The summed E-state index contributed by atoms with van der Waals surface area (Å²) in [4.78, 5) is 24.9. The second kappa shape index (κ2) is 11.5. The molecule has 214 valence electrons. The summed E-state index contributed by atoms with van der Waals surface area (Å²) in [7, 11) is -7.48. The van der Waals surface area contributed by atoms with Crippen molar-refractivity contribution in [3.05, 3.63) is 84.4 Å². The van der Waals surface area contributed by atoms with Gasteiger partial charge in [-0.05, 0) is 53.9 Å². The van der Waals surface area contributed by atoms with Crippen molar-refractivity contribution in [2.75, 3.05) is 10.6 Å². The number of rotatable bonds is 8. The first-order valence-electron chi connectivity index (χ1n) is 12.8. The van der Waals surface area contributed by atoms with Crippen molar-refractivity contribution in [2.45, 2.75) is 58.6 Å². The molecule has 3 rings (SSSR count). The van der Waals surface area contributed by atoms with Gasteiger partial charge in [-0.1, -0.05) is 87.5 Å². The lowest BCUT2D eigenvalue weighted by molar-refractivity contribution is -0.136. The van der Waals surface area contributed by atoms with Gasteiger partial charge in [0.05, 0.1) is 12.7 Å². The highest BCUT2D eigenvalue weighted by Gasteiger charge is 2.52. The maximum absolute atomic E-state index is 13.4. The Kier molecular flexibility index (Phi) is 8.86. The van der Waals surface area contributed by atoms with Crippen molar-refractivity contribution in [1.82, 2.24) is 0 Å². The van der Waals surface area contributed by atoms with Gasteiger partial charge >= 0.3 is 20.4 Å². The monoisotopic (exact) mass is 583 g/mol. The van der Waals surface area contributed by atoms with Gasteiger partial charge in [0.15, 0.2) is 0 Å². The predicted molar refractivity (Wildman–Crippen MR) is 160 cm³/mol. The number of carboxylic acids is 1. The Morgan fingerprint density at radius 3 is 1.75 bits per heavy atom. The van der Waals surface area contributed by atoms with E-state index in [1.165, 1.54) is 12.1 Å². The smallest absolute Gasteiger partial charge is 0.429 e. The highest BCUT2D eigenvalue weighted by Crippen LogP contribution is 2.41. The third-order valence-electron chi connectivity index (χ3n) is 6.17. The number of aliphatic carboxylic acids is 1. The van der Waals surface area contributed by atoms with E-state index in [1.807, 2.05) is 60.7 Å². The van der Waals surface area contributed by atoms with Gasteiger partial charge in [0.25, 0.3) is 0 Å². The number of hydrogen-bond acceptors (Lipinski definition) is 6. The van der Waals surface area contributed by atoms with Gasteiger partial charge in [-0.25, -0.2) is 13.2 Å². The number of anilines is 1. The summed E-state index contributed by atoms with van der Waals surface area (Å²) < 4.78 is 39.3. The summed E-state index contributed by atoms with van der Waals surface area (Å²) in [5.41, 5.74) is -0.796. The molecule has 3 aromatic carbocycles. The van der Waals surface area contributed by atoms with Gasteiger partial charge < -0.3 is 14.3 Å². The molecule has 3 aromatic rings. The van der Waals surface area contributed by atoms with Gasteiger partial charge in [0.2, 0.25) is 10.0 Å². The first-order valence-corrected chi connectivity index (χ1v) is 16.6. The number of hydrogen-bond donors (Lipinski definition) is 1. The van der Waals surface area contributed by atoms with Gasteiger partial charge in [-0.2, -0.15) is 4.31 Å². The van der Waals surface area contributed by atoms with Crippen molar-refractivity contribution in [1.29, 1.82) is 0 Å². The zero-order chi connectivity index (χ0) is 29.9. The summed E-state index contributed by atoms with van der Waals surface area (Å²) >= 11 is 0. The largest absolute Gasteiger partial charge is 0.533 e. The fourth-order valence-corrected chi connectivity index (χ4v) is 9.86. The van der Waals surface area contributed by atoms with E-state index < -0.39 is 41.0 Å². The lowest BCUT2D eigenvalue weighted by atomic mass is 10.1. The first-order chi connectivity index (χ1) is 18.5. The highest BCUT2D eigenvalue weighted by molar-refractivity contribution is 7.92. The Labute approximate surface area is 237 Å². The van der Waals surface area contributed by atoms with Crippen LogP contribution in [-0.4, -0.2) is 45.8 Å². The van der Waals surface area contributed by atoms with Crippen LogP contribution in [0.5, 0.6) is 5.75 Å². The summed E-state index contributed by atoms with van der Waals surface area (Å²) in [6.07, 6.45) is -0.596. The van der Waals surface area contributed by atoms with E-state index in [2.05, 4.69) is 20.8 Å². The maximum atomic E-state index is 13.4. The topological polar surface area (TPSA) is 110 Å². The number of benzene rings is 3. The molecule has 0 atom stereocenters. The average Bonchev–Trinajstić information content (AvgIpc) is 2.81. The van der Waals surface area contributed by atoms with Crippen molar-refractivity contribution in [3.63, 3.8) is 0 Å². The Bertz CT molecular complexity index is 1420. The Morgan fingerprint density at radius 2 is 1.35 bits per heavy atom. The average molecular weight is 584 g/mol. The van der Waals surface area contributed by atoms with Crippen LogP contribution < -0.4 is 19.1 Å². The van der Waals surface area contributed by atoms with Gasteiger partial charge in [0, 0.05) is 0 Å². The fraction of sp³-hybridized carbons (Fsp3) is 0.333. The molecule has 0 aliphatic rings. The number of carboxylic acid groups (broad SMARTS) is 1. The van der Waals surface area contributed by atoms with E-state index in [-0.39, 0.29) is 17.9 Å². The quantitative estimate of drug-likeness (QED) is 0.374. The van der Waals surface area contributed by atoms with Gasteiger partial charge in [-0.3, -0.25) is 4.79 Å². The number of amides is 1. The molecule has 0 unspecified atom stereocenters. The standard InChI is InChI=1S/C30H37NO7SSi/c1-29(2,3)37-28(34)31(39(7,35)36)25-20-22(21-27(32)33)18-19-26(25)38-40(30(4,5)6,23-14-10-8-11-15-23)24-16-12-9-13-17-24/h8-20H,21H2,1-7H3,(H,32,33). The third-order valence-corrected chi connectivity index (χ3v) is 12.1. The summed E-state index contributed by atoms with van der Waals surface area (Å²) in [5, 5.41) is 10.9. The molecule has 0 aliphatic carbocycles. The van der Waals surface area contributed by atoms with E-state index in [0.29, 0.717) is 9.87 Å².